The molecule has 0 bridgehead atoms. The quantitative estimate of drug-likeness (QED) is 0.650. The maximum absolute atomic E-state index is 12.0. The van der Waals surface area contributed by atoms with E-state index in [4.69, 9.17) is 0 Å². The highest BCUT2D eigenvalue weighted by molar-refractivity contribution is 7.98. The van der Waals surface area contributed by atoms with Gasteiger partial charge in [0.25, 0.3) is 5.91 Å². The van der Waals surface area contributed by atoms with E-state index in [1.54, 1.807) is 17.8 Å². The summed E-state index contributed by atoms with van der Waals surface area (Å²) in [6, 6.07) is 15.6. The van der Waals surface area contributed by atoms with Gasteiger partial charge in [-0.25, -0.2) is 0 Å². The van der Waals surface area contributed by atoms with E-state index in [0.717, 1.165) is 17.0 Å². The molecule has 0 aliphatic carbocycles. The van der Waals surface area contributed by atoms with Crippen LogP contribution in [0.1, 0.15) is 22.8 Å². The molecular formula is C16H18N2OS. The summed E-state index contributed by atoms with van der Waals surface area (Å²) in [6.45, 7) is 2.11. The van der Waals surface area contributed by atoms with Crippen molar-refractivity contribution >= 4 is 23.4 Å². The highest BCUT2D eigenvalue weighted by Crippen LogP contribution is 2.16. The molecule has 2 N–H and O–H groups in total. The molecule has 1 amide bonds. The molecule has 0 saturated heterocycles. The Hall–Kier alpha value is -1.94. The summed E-state index contributed by atoms with van der Waals surface area (Å²) < 4.78 is 0. The van der Waals surface area contributed by atoms with E-state index >= 15 is 0 Å². The zero-order valence-corrected chi connectivity index (χ0v) is 12.5. The number of rotatable bonds is 5. The van der Waals surface area contributed by atoms with Crippen molar-refractivity contribution in [3.05, 3.63) is 59.7 Å². The summed E-state index contributed by atoms with van der Waals surface area (Å²) in [4.78, 5) is 13.1. The molecule has 0 aromatic heterocycles. The molecule has 0 heterocycles. The molecule has 0 unspecified atom stereocenters. The number of nitrogens with one attached hydrogen (secondary N) is 2. The molecule has 2 rings (SSSR count). The minimum absolute atomic E-state index is 0.138. The van der Waals surface area contributed by atoms with Crippen molar-refractivity contribution in [1.82, 2.24) is 5.43 Å². The highest BCUT2D eigenvalue weighted by Gasteiger charge is 2.05. The maximum Gasteiger partial charge on any atom is 0.269 e. The summed E-state index contributed by atoms with van der Waals surface area (Å²) in [5.74, 6) is -0.138. The average molecular weight is 286 g/mol. The molecule has 20 heavy (non-hydrogen) atoms. The van der Waals surface area contributed by atoms with Gasteiger partial charge in [0, 0.05) is 10.5 Å². The first kappa shape index (κ1) is 14.5. The zero-order chi connectivity index (χ0) is 14.4. The Bertz CT molecular complexity index is 581. The van der Waals surface area contributed by atoms with Gasteiger partial charge < -0.3 is 0 Å². The van der Waals surface area contributed by atoms with Crippen molar-refractivity contribution in [1.29, 1.82) is 0 Å². The number of carbonyl (C=O) groups is 1. The second-order valence-electron chi connectivity index (χ2n) is 4.36. The van der Waals surface area contributed by atoms with Gasteiger partial charge in [0.15, 0.2) is 0 Å². The summed E-state index contributed by atoms with van der Waals surface area (Å²) in [5, 5.41) is 0. The van der Waals surface area contributed by atoms with Gasteiger partial charge in [-0.2, -0.15) is 0 Å². The fraction of sp³-hybridized carbons (Fsp3) is 0.188. The lowest BCUT2D eigenvalue weighted by Gasteiger charge is -2.09. The lowest BCUT2D eigenvalue weighted by Crippen LogP contribution is -2.29. The third kappa shape index (κ3) is 3.78. The van der Waals surface area contributed by atoms with E-state index in [2.05, 4.69) is 17.8 Å². The van der Waals surface area contributed by atoms with Crippen molar-refractivity contribution in [3.63, 3.8) is 0 Å². The van der Waals surface area contributed by atoms with Crippen LogP contribution in [0.3, 0.4) is 0 Å². The zero-order valence-electron chi connectivity index (χ0n) is 11.6. The number of hydrogen-bond acceptors (Lipinski definition) is 3. The predicted octanol–water partition coefficient (Wildman–Crippen LogP) is 3.73. The van der Waals surface area contributed by atoms with E-state index in [-0.39, 0.29) is 5.91 Å². The lowest BCUT2D eigenvalue weighted by atomic mass is 10.1. The van der Waals surface area contributed by atoms with Gasteiger partial charge in [0.1, 0.15) is 0 Å². The van der Waals surface area contributed by atoms with Crippen molar-refractivity contribution in [3.8, 4) is 0 Å². The summed E-state index contributed by atoms with van der Waals surface area (Å²) in [6.07, 6.45) is 3.00. The van der Waals surface area contributed by atoms with Crippen LogP contribution in [-0.2, 0) is 6.42 Å². The number of amides is 1. The second-order valence-corrected chi connectivity index (χ2v) is 5.24. The topological polar surface area (TPSA) is 41.1 Å². The fourth-order valence-corrected chi connectivity index (χ4v) is 2.25. The molecule has 0 aliphatic rings. The van der Waals surface area contributed by atoms with Crippen LogP contribution in [0.4, 0.5) is 5.69 Å². The number of aryl methyl sites for hydroxylation is 1. The molecule has 0 aliphatic heterocycles. The predicted molar refractivity (Wildman–Crippen MR) is 85.1 cm³/mol. The van der Waals surface area contributed by atoms with E-state index in [9.17, 15) is 4.79 Å². The molecule has 2 aromatic carbocycles. The number of carbonyl (C=O) groups excluding carboxylic acids is 1. The minimum atomic E-state index is -0.138. The minimum Gasteiger partial charge on any atom is -0.298 e. The van der Waals surface area contributed by atoms with Gasteiger partial charge in [-0.05, 0) is 48.6 Å². The Morgan fingerprint density at radius 3 is 2.55 bits per heavy atom. The molecule has 0 spiro atoms. The highest BCUT2D eigenvalue weighted by atomic mass is 32.2. The average Bonchev–Trinajstić information content (AvgIpc) is 2.53. The molecule has 0 saturated carbocycles. The van der Waals surface area contributed by atoms with Gasteiger partial charge in [-0.1, -0.05) is 25.1 Å². The van der Waals surface area contributed by atoms with Crippen LogP contribution in [0, 0.1) is 0 Å². The van der Waals surface area contributed by atoms with Crippen molar-refractivity contribution in [2.24, 2.45) is 0 Å². The van der Waals surface area contributed by atoms with E-state index in [1.807, 2.05) is 48.7 Å². The van der Waals surface area contributed by atoms with Crippen molar-refractivity contribution in [2.45, 2.75) is 18.2 Å². The van der Waals surface area contributed by atoms with Gasteiger partial charge >= 0.3 is 0 Å². The van der Waals surface area contributed by atoms with Crippen LogP contribution in [-0.4, -0.2) is 12.2 Å². The summed E-state index contributed by atoms with van der Waals surface area (Å²) >= 11 is 1.62. The van der Waals surface area contributed by atoms with Crippen LogP contribution < -0.4 is 10.9 Å². The number of hydrazine groups is 1. The third-order valence-corrected chi connectivity index (χ3v) is 3.74. The third-order valence-electron chi connectivity index (χ3n) is 3.01. The van der Waals surface area contributed by atoms with Crippen LogP contribution in [0.15, 0.2) is 53.4 Å². The largest absolute Gasteiger partial charge is 0.298 e. The van der Waals surface area contributed by atoms with E-state index in [0.29, 0.717) is 5.56 Å². The number of thioether (sulfide) groups is 1. The second kappa shape index (κ2) is 7.01. The number of hydrogen-bond donors (Lipinski definition) is 2. The first-order valence-electron chi connectivity index (χ1n) is 6.52. The van der Waals surface area contributed by atoms with E-state index < -0.39 is 0 Å². The molecule has 0 atom stereocenters. The molecular weight excluding hydrogens is 268 g/mol. The molecule has 0 fully saturated rings. The molecule has 4 heteroatoms. The van der Waals surface area contributed by atoms with Crippen molar-refractivity contribution in [2.75, 3.05) is 11.7 Å². The van der Waals surface area contributed by atoms with Gasteiger partial charge in [-0.15, -0.1) is 11.8 Å². The van der Waals surface area contributed by atoms with E-state index in [1.165, 1.54) is 5.56 Å². The molecule has 0 radical (unpaired) electrons. The van der Waals surface area contributed by atoms with Gasteiger partial charge in [0.2, 0.25) is 0 Å². The smallest absolute Gasteiger partial charge is 0.269 e. The normalized spacial score (nSPS) is 10.1. The summed E-state index contributed by atoms with van der Waals surface area (Å²) in [5.41, 5.74) is 8.42. The van der Waals surface area contributed by atoms with Crippen LogP contribution in [0.2, 0.25) is 0 Å². The standard InChI is InChI=1S/C16H18N2OS/c1-3-12-7-9-14(10-8-12)17-18-16(19)13-5-4-6-15(11-13)20-2/h4-11,17H,3H2,1-2H3,(H,18,19). The first-order valence-corrected chi connectivity index (χ1v) is 7.74. The number of anilines is 1. The van der Waals surface area contributed by atoms with Crippen LogP contribution >= 0.6 is 11.8 Å². The molecule has 104 valence electrons. The first-order chi connectivity index (χ1) is 9.72. The Morgan fingerprint density at radius 1 is 1.15 bits per heavy atom. The molecule has 2 aromatic rings. The van der Waals surface area contributed by atoms with Crippen LogP contribution in [0.5, 0.6) is 0 Å². The molecule has 3 nitrogen and oxygen atoms in total. The van der Waals surface area contributed by atoms with Gasteiger partial charge in [-0.3, -0.25) is 15.6 Å². The monoisotopic (exact) mass is 286 g/mol. The van der Waals surface area contributed by atoms with Gasteiger partial charge in [0.05, 0.1) is 5.69 Å². The summed E-state index contributed by atoms with van der Waals surface area (Å²) in [7, 11) is 0. The van der Waals surface area contributed by atoms with Crippen molar-refractivity contribution < 1.29 is 4.79 Å². The Labute approximate surface area is 123 Å². The number of benzene rings is 2. The Kier molecular flexibility index (Phi) is 5.07. The Morgan fingerprint density at radius 2 is 1.90 bits per heavy atom. The SMILES string of the molecule is CCc1ccc(NNC(=O)c2cccc(SC)c2)cc1. The van der Waals surface area contributed by atoms with Crippen LogP contribution in [0.25, 0.3) is 0 Å². The fourth-order valence-electron chi connectivity index (χ4n) is 1.79. The lowest BCUT2D eigenvalue weighted by molar-refractivity contribution is 0.0962. The Balaban J connectivity index is 1.97. The maximum atomic E-state index is 12.0.